The van der Waals surface area contributed by atoms with E-state index < -0.39 is 13.9 Å². The zero-order valence-electron chi connectivity index (χ0n) is 21.8. The Morgan fingerprint density at radius 1 is 0.594 bits per heavy atom. The van der Waals surface area contributed by atoms with Crippen LogP contribution in [0, 0.1) is 0 Å². The summed E-state index contributed by atoms with van der Waals surface area (Å²) in [6, 6.07) is 0. The molecule has 0 fully saturated rings. The summed E-state index contributed by atoms with van der Waals surface area (Å²) in [5, 5.41) is 0.220. The maximum absolute atomic E-state index is 11.5. The van der Waals surface area contributed by atoms with E-state index in [0.717, 1.165) is 0 Å². The van der Waals surface area contributed by atoms with Gasteiger partial charge in [0, 0.05) is 0 Å². The first-order chi connectivity index (χ1) is 14.9. The molecule has 0 aliphatic rings. The molecule has 0 N–H and O–H groups in total. The molecule has 192 valence electrons. The molecule has 32 heavy (non-hydrogen) atoms. The van der Waals surface area contributed by atoms with Gasteiger partial charge in [-0.2, -0.15) is 0 Å². The summed E-state index contributed by atoms with van der Waals surface area (Å²) in [5.41, 5.74) is -0.459. The van der Waals surface area contributed by atoms with Gasteiger partial charge in [-0.3, -0.25) is 4.79 Å². The predicted octanol–water partition coefficient (Wildman–Crippen LogP) is 3.82. The zero-order valence-corrected chi connectivity index (χ0v) is 22.8. The first-order valence-electron chi connectivity index (χ1n) is 11.6. The molecule has 0 bridgehead atoms. The Labute approximate surface area is 196 Å². The van der Waals surface area contributed by atoms with Gasteiger partial charge in [-0.1, -0.05) is 20.8 Å². The fourth-order valence-electron chi connectivity index (χ4n) is 2.10. The number of carbonyl (C=O) groups excluding carboxylic acids is 1. The molecule has 0 rings (SSSR count). The molecule has 0 saturated carbocycles. The highest BCUT2D eigenvalue weighted by Crippen LogP contribution is 2.36. The lowest BCUT2D eigenvalue weighted by molar-refractivity contribution is -0.156. The van der Waals surface area contributed by atoms with Gasteiger partial charge in [0.15, 0.2) is 8.32 Å². The minimum Gasteiger partial charge on any atom is -0.460 e. The highest BCUT2D eigenvalue weighted by atomic mass is 28.4. The SMILES string of the molecule is CC(C)(C)OC(=O)CCOCCOCCOCCOCCOCCO[Si](C)(C)C(C)(C)C. The monoisotopic (exact) mass is 480 g/mol. The summed E-state index contributed by atoms with van der Waals surface area (Å²) < 4.78 is 38.5. The highest BCUT2D eigenvalue weighted by molar-refractivity contribution is 6.74. The molecule has 0 atom stereocenters. The first-order valence-corrected chi connectivity index (χ1v) is 14.5. The maximum Gasteiger partial charge on any atom is 0.308 e. The van der Waals surface area contributed by atoms with Crippen molar-refractivity contribution in [1.82, 2.24) is 0 Å². The second-order valence-corrected chi connectivity index (χ2v) is 14.8. The van der Waals surface area contributed by atoms with Gasteiger partial charge >= 0.3 is 5.97 Å². The van der Waals surface area contributed by atoms with E-state index in [2.05, 4.69) is 33.9 Å². The number of esters is 1. The molecule has 0 aromatic carbocycles. The predicted molar refractivity (Wildman–Crippen MR) is 128 cm³/mol. The molecule has 0 aromatic heterocycles. The van der Waals surface area contributed by atoms with Gasteiger partial charge in [-0.25, -0.2) is 0 Å². The van der Waals surface area contributed by atoms with E-state index in [9.17, 15) is 4.79 Å². The minimum atomic E-state index is -1.69. The van der Waals surface area contributed by atoms with Crippen LogP contribution in [-0.2, 0) is 37.6 Å². The molecular formula is C23H48O8Si. The average Bonchev–Trinajstić information content (AvgIpc) is 2.64. The molecule has 0 unspecified atom stereocenters. The van der Waals surface area contributed by atoms with Crippen LogP contribution in [0.1, 0.15) is 48.0 Å². The zero-order chi connectivity index (χ0) is 24.5. The Morgan fingerprint density at radius 3 is 1.28 bits per heavy atom. The fraction of sp³-hybridized carbons (Fsp3) is 0.957. The van der Waals surface area contributed by atoms with Crippen molar-refractivity contribution in [2.75, 3.05) is 72.7 Å². The molecule has 8 nitrogen and oxygen atoms in total. The lowest BCUT2D eigenvalue weighted by Gasteiger charge is -2.36. The van der Waals surface area contributed by atoms with E-state index in [-0.39, 0.29) is 17.4 Å². The van der Waals surface area contributed by atoms with Gasteiger partial charge in [-0.05, 0) is 38.9 Å². The van der Waals surface area contributed by atoms with E-state index in [1.807, 2.05) is 20.8 Å². The third kappa shape index (κ3) is 19.0. The summed E-state index contributed by atoms with van der Waals surface area (Å²) in [4.78, 5) is 11.5. The topological polar surface area (TPSA) is 81.7 Å². The molecule has 0 aromatic rings. The molecule has 0 radical (unpaired) electrons. The number of ether oxygens (including phenoxy) is 6. The summed E-state index contributed by atoms with van der Waals surface area (Å²) >= 11 is 0. The third-order valence-electron chi connectivity index (χ3n) is 4.86. The third-order valence-corrected chi connectivity index (χ3v) is 9.39. The van der Waals surface area contributed by atoms with Crippen molar-refractivity contribution in [2.24, 2.45) is 0 Å². The van der Waals surface area contributed by atoms with Crippen molar-refractivity contribution in [3.8, 4) is 0 Å². The molecular weight excluding hydrogens is 432 g/mol. The van der Waals surface area contributed by atoms with Crippen LogP contribution in [0.4, 0.5) is 0 Å². The van der Waals surface area contributed by atoms with Crippen molar-refractivity contribution in [3.63, 3.8) is 0 Å². The Kier molecular flexibility index (Phi) is 16.7. The van der Waals surface area contributed by atoms with Crippen LogP contribution in [0.15, 0.2) is 0 Å². The normalized spacial score (nSPS) is 12.9. The lowest BCUT2D eigenvalue weighted by Crippen LogP contribution is -2.41. The van der Waals surface area contributed by atoms with Crippen LogP contribution in [0.2, 0.25) is 18.1 Å². The molecule has 0 aliphatic heterocycles. The van der Waals surface area contributed by atoms with Crippen molar-refractivity contribution in [1.29, 1.82) is 0 Å². The van der Waals surface area contributed by atoms with Gasteiger partial charge in [0.1, 0.15) is 5.60 Å². The van der Waals surface area contributed by atoms with Crippen molar-refractivity contribution >= 4 is 14.3 Å². The quantitative estimate of drug-likeness (QED) is 0.157. The van der Waals surface area contributed by atoms with E-state index in [1.165, 1.54) is 0 Å². The summed E-state index contributed by atoms with van der Waals surface area (Å²) in [6.07, 6.45) is 0.246. The van der Waals surface area contributed by atoms with Gasteiger partial charge in [-0.15, -0.1) is 0 Å². The smallest absolute Gasteiger partial charge is 0.308 e. The summed E-state index contributed by atoms with van der Waals surface area (Å²) in [7, 11) is -1.69. The fourth-order valence-corrected chi connectivity index (χ4v) is 3.13. The highest BCUT2D eigenvalue weighted by Gasteiger charge is 2.36. The van der Waals surface area contributed by atoms with Crippen molar-refractivity contribution in [2.45, 2.75) is 71.7 Å². The van der Waals surface area contributed by atoms with Crippen LogP contribution in [-0.4, -0.2) is 92.6 Å². The molecule has 0 spiro atoms. The largest absolute Gasteiger partial charge is 0.460 e. The average molecular weight is 481 g/mol. The molecule has 0 saturated heterocycles. The molecule has 0 heterocycles. The van der Waals surface area contributed by atoms with E-state index in [1.54, 1.807) is 0 Å². The van der Waals surface area contributed by atoms with E-state index in [4.69, 9.17) is 32.8 Å². The molecule has 9 heteroatoms. The van der Waals surface area contributed by atoms with Crippen molar-refractivity contribution in [3.05, 3.63) is 0 Å². The number of hydrogen-bond acceptors (Lipinski definition) is 8. The lowest BCUT2D eigenvalue weighted by atomic mass is 10.2. The number of hydrogen-bond donors (Lipinski definition) is 0. The van der Waals surface area contributed by atoms with Crippen LogP contribution < -0.4 is 0 Å². The van der Waals surface area contributed by atoms with Crippen LogP contribution in [0.3, 0.4) is 0 Å². The Hall–Kier alpha value is -0.553. The van der Waals surface area contributed by atoms with Gasteiger partial charge in [0.25, 0.3) is 0 Å². The van der Waals surface area contributed by atoms with Gasteiger partial charge in [0.2, 0.25) is 0 Å². The Bertz CT molecular complexity index is 472. The summed E-state index contributed by atoms with van der Waals surface area (Å²) in [6.45, 7) is 22.3. The second-order valence-electron chi connectivity index (χ2n) is 10.0. The summed E-state index contributed by atoms with van der Waals surface area (Å²) in [5.74, 6) is -0.253. The van der Waals surface area contributed by atoms with Crippen LogP contribution in [0.25, 0.3) is 0 Å². The van der Waals surface area contributed by atoms with Gasteiger partial charge in [0.05, 0.1) is 79.1 Å². The number of rotatable bonds is 19. The van der Waals surface area contributed by atoms with E-state index in [0.29, 0.717) is 72.7 Å². The number of carbonyl (C=O) groups is 1. The van der Waals surface area contributed by atoms with E-state index >= 15 is 0 Å². The van der Waals surface area contributed by atoms with Gasteiger partial charge < -0.3 is 32.8 Å². The maximum atomic E-state index is 11.5. The first kappa shape index (κ1) is 31.4. The molecule has 0 aliphatic carbocycles. The molecule has 0 amide bonds. The van der Waals surface area contributed by atoms with Crippen molar-refractivity contribution < 1.29 is 37.6 Å². The van der Waals surface area contributed by atoms with Crippen LogP contribution >= 0.6 is 0 Å². The minimum absolute atomic E-state index is 0.220. The van der Waals surface area contributed by atoms with Crippen LogP contribution in [0.5, 0.6) is 0 Å². The Balaban J connectivity index is 3.28. The standard InChI is InChI=1S/C23H48O8Si/c1-22(2,3)31-21(24)9-10-25-11-12-26-13-14-27-15-16-28-17-18-29-19-20-30-32(7,8)23(4,5)6/h9-20H2,1-8H3. The Morgan fingerprint density at radius 2 is 0.938 bits per heavy atom. The second kappa shape index (κ2) is 17.0.